The van der Waals surface area contributed by atoms with Gasteiger partial charge in [-0.1, -0.05) is 54.6 Å². The molecule has 2 aliphatic heterocycles. The number of benzene rings is 3. The first-order valence-electron chi connectivity index (χ1n) is 16.5. The summed E-state index contributed by atoms with van der Waals surface area (Å²) in [6, 6.07) is 19.2. The third kappa shape index (κ3) is 10.3. The molecule has 0 unspecified atom stereocenters. The van der Waals surface area contributed by atoms with Gasteiger partial charge in [-0.25, -0.2) is 4.79 Å². The molecular weight excluding hydrogens is 689 g/mol. The van der Waals surface area contributed by atoms with Crippen LogP contribution in [-0.4, -0.2) is 79.7 Å². The summed E-state index contributed by atoms with van der Waals surface area (Å²) in [7, 11) is 2.97. The first-order chi connectivity index (χ1) is 25.1. The van der Waals surface area contributed by atoms with Gasteiger partial charge in [0.25, 0.3) is 5.91 Å². The summed E-state index contributed by atoms with van der Waals surface area (Å²) < 4.78 is 16.5. The number of carboxylic acids is 1. The van der Waals surface area contributed by atoms with Crippen molar-refractivity contribution in [2.75, 3.05) is 20.8 Å². The molecule has 0 saturated heterocycles. The number of carbonyl (C=O) groups excluding carboxylic acids is 4. The summed E-state index contributed by atoms with van der Waals surface area (Å²) in [5, 5.41) is 22.8. The van der Waals surface area contributed by atoms with Crippen LogP contribution < -0.4 is 35.5 Å². The van der Waals surface area contributed by atoms with Crippen molar-refractivity contribution in [3.63, 3.8) is 0 Å². The molecule has 3 heterocycles. The number of rotatable bonds is 9. The minimum Gasteiger partial charge on any atom is -0.493 e. The average molecular weight is 729 g/mol. The number of carboxylic acid groups (broad SMARTS) is 1. The Kier molecular flexibility index (Phi) is 12.8. The quantitative estimate of drug-likeness (QED) is 0.162. The zero-order valence-electron chi connectivity index (χ0n) is 28.6. The molecule has 52 heavy (non-hydrogen) atoms. The number of ether oxygens (including phenoxy) is 3. The van der Waals surface area contributed by atoms with Crippen LogP contribution in [0.1, 0.15) is 21.6 Å². The van der Waals surface area contributed by atoms with E-state index in [2.05, 4.69) is 21.3 Å². The normalized spacial score (nSPS) is 20.1. The van der Waals surface area contributed by atoms with Crippen molar-refractivity contribution in [1.82, 2.24) is 21.3 Å². The highest BCUT2D eigenvalue weighted by atomic mass is 32.1. The number of nitrogens with one attached hydrogen (secondary N) is 4. The molecule has 14 heteroatoms. The van der Waals surface area contributed by atoms with E-state index in [4.69, 9.17) is 14.2 Å². The predicted octanol–water partition coefficient (Wildman–Crippen LogP) is 2.45. The highest BCUT2D eigenvalue weighted by Crippen LogP contribution is 2.28. The molecule has 2 aliphatic rings. The lowest BCUT2D eigenvalue weighted by Crippen LogP contribution is -2.59. The third-order valence-electron chi connectivity index (χ3n) is 8.42. The largest absolute Gasteiger partial charge is 0.493 e. The summed E-state index contributed by atoms with van der Waals surface area (Å²) in [4.78, 5) is 68.4. The SMILES string of the molecule is COc1ccc(C[C@@H]2NC(=O)[C@H](Cc3cccs3)NC(=O)COc3ccc(cc3)C[C@@H](C(=O)O)NC(=O)[C@H](Cc3ccccc3)NC2=O)cc1OC. The van der Waals surface area contributed by atoms with E-state index in [-0.39, 0.29) is 25.7 Å². The van der Waals surface area contributed by atoms with Crippen molar-refractivity contribution in [1.29, 1.82) is 0 Å². The molecule has 1 aromatic heterocycles. The number of amides is 4. The van der Waals surface area contributed by atoms with E-state index >= 15 is 0 Å². The zero-order valence-corrected chi connectivity index (χ0v) is 29.4. The standard InChI is InChI=1S/C38H40N4O9S/c1-49-32-15-12-25(20-33(32)50-2)19-29-35(44)40-28(17-23-7-4-3-5-8-23)36(45)42-31(38(47)48)18-24-10-13-26(14-11-24)51-22-34(43)39-30(37(46)41-29)21-27-9-6-16-52-27/h3-16,20,28-31H,17-19,21-22H2,1-2H3,(H,39,43)(H,40,44)(H,41,46)(H,42,45)(H,47,48)/t28-,29-,30-,31-/m0/s1. The molecule has 0 aliphatic carbocycles. The van der Waals surface area contributed by atoms with Crippen LogP contribution in [0.3, 0.4) is 0 Å². The molecule has 3 aromatic carbocycles. The van der Waals surface area contributed by atoms with Gasteiger partial charge in [-0.3, -0.25) is 19.2 Å². The molecule has 0 saturated carbocycles. The topological polar surface area (TPSA) is 181 Å². The van der Waals surface area contributed by atoms with E-state index in [1.54, 1.807) is 66.7 Å². The predicted molar refractivity (Wildman–Crippen MR) is 192 cm³/mol. The van der Waals surface area contributed by atoms with Gasteiger partial charge in [-0.15, -0.1) is 11.3 Å². The first kappa shape index (κ1) is 37.4. The molecule has 4 aromatic rings. The van der Waals surface area contributed by atoms with Gasteiger partial charge < -0.3 is 40.6 Å². The van der Waals surface area contributed by atoms with Crippen molar-refractivity contribution in [3.05, 3.63) is 112 Å². The van der Waals surface area contributed by atoms with E-state index in [0.717, 1.165) is 4.88 Å². The molecule has 0 radical (unpaired) electrons. The van der Waals surface area contributed by atoms with Gasteiger partial charge in [0.2, 0.25) is 17.7 Å². The molecule has 272 valence electrons. The molecular formula is C38H40N4O9S. The van der Waals surface area contributed by atoms with Crippen LogP contribution in [-0.2, 0) is 49.7 Å². The lowest BCUT2D eigenvalue weighted by atomic mass is 10.0. The Bertz CT molecular complexity index is 1850. The minimum absolute atomic E-state index is 0.0326. The van der Waals surface area contributed by atoms with Crippen LogP contribution in [0.15, 0.2) is 90.3 Å². The zero-order chi connectivity index (χ0) is 37.0. The summed E-state index contributed by atoms with van der Waals surface area (Å²) in [6.45, 7) is -0.405. The maximum Gasteiger partial charge on any atom is 0.326 e. The van der Waals surface area contributed by atoms with E-state index in [0.29, 0.717) is 33.9 Å². The fraction of sp³-hybridized carbons (Fsp3) is 0.289. The van der Waals surface area contributed by atoms with Crippen LogP contribution in [0.2, 0.25) is 0 Å². The molecule has 6 rings (SSSR count). The Morgan fingerprint density at radius 1 is 0.731 bits per heavy atom. The highest BCUT2D eigenvalue weighted by molar-refractivity contribution is 7.09. The van der Waals surface area contributed by atoms with Crippen LogP contribution in [0.25, 0.3) is 0 Å². The Morgan fingerprint density at radius 2 is 1.37 bits per heavy atom. The minimum atomic E-state index is -1.33. The number of thiophene rings is 1. The second kappa shape index (κ2) is 17.9. The molecule has 0 fully saturated rings. The van der Waals surface area contributed by atoms with E-state index < -0.39 is 60.4 Å². The van der Waals surface area contributed by atoms with Crippen molar-refractivity contribution >= 4 is 40.9 Å². The van der Waals surface area contributed by atoms with Gasteiger partial charge in [0.15, 0.2) is 18.1 Å². The van der Waals surface area contributed by atoms with Crippen LogP contribution >= 0.6 is 11.3 Å². The summed E-state index contributed by atoms with van der Waals surface area (Å²) in [5.74, 6) is -2.69. The van der Waals surface area contributed by atoms with E-state index in [1.807, 2.05) is 23.6 Å². The molecule has 0 spiro atoms. The number of methoxy groups -OCH3 is 2. The molecule has 4 amide bonds. The monoisotopic (exact) mass is 728 g/mol. The number of hydrogen-bond acceptors (Lipinski definition) is 9. The smallest absolute Gasteiger partial charge is 0.326 e. The Labute approximate surface area is 304 Å². The summed E-state index contributed by atoms with van der Waals surface area (Å²) in [5.41, 5.74) is 1.90. The van der Waals surface area contributed by atoms with Gasteiger partial charge in [0, 0.05) is 30.6 Å². The fourth-order valence-corrected chi connectivity index (χ4v) is 6.46. The number of hydrogen-bond donors (Lipinski definition) is 5. The second-order valence-corrected chi connectivity index (χ2v) is 13.2. The van der Waals surface area contributed by atoms with E-state index in [9.17, 15) is 29.1 Å². The van der Waals surface area contributed by atoms with Gasteiger partial charge >= 0.3 is 5.97 Å². The van der Waals surface area contributed by atoms with Gasteiger partial charge in [-0.05, 0) is 52.4 Å². The Balaban J connectivity index is 1.52. The Hall–Kier alpha value is -5.89. The van der Waals surface area contributed by atoms with E-state index in [1.165, 1.54) is 25.6 Å². The molecule has 4 atom stereocenters. The van der Waals surface area contributed by atoms with Crippen LogP contribution in [0.5, 0.6) is 17.2 Å². The molecule has 13 nitrogen and oxygen atoms in total. The number of aliphatic carboxylic acids is 1. The van der Waals surface area contributed by atoms with Crippen molar-refractivity contribution in [2.45, 2.75) is 49.9 Å². The van der Waals surface area contributed by atoms with Crippen molar-refractivity contribution < 1.29 is 43.3 Å². The number of fused-ring (bicyclic) bond motifs is 16. The maximum atomic E-state index is 14.2. The van der Waals surface area contributed by atoms with Crippen molar-refractivity contribution in [2.24, 2.45) is 0 Å². The van der Waals surface area contributed by atoms with Gasteiger partial charge in [0.1, 0.15) is 29.9 Å². The third-order valence-corrected chi connectivity index (χ3v) is 9.32. The van der Waals surface area contributed by atoms with Crippen LogP contribution in [0.4, 0.5) is 0 Å². The molecule has 2 bridgehead atoms. The molecule has 5 N–H and O–H groups in total. The maximum absolute atomic E-state index is 14.2. The highest BCUT2D eigenvalue weighted by Gasteiger charge is 2.32. The summed E-state index contributed by atoms with van der Waals surface area (Å²) >= 11 is 1.41. The fourth-order valence-electron chi connectivity index (χ4n) is 5.71. The Morgan fingerprint density at radius 3 is 1.98 bits per heavy atom. The first-order valence-corrected chi connectivity index (χ1v) is 17.4. The second-order valence-electron chi connectivity index (χ2n) is 12.1. The summed E-state index contributed by atoms with van der Waals surface area (Å²) in [6.07, 6.45) is 0.0808. The van der Waals surface area contributed by atoms with Crippen molar-refractivity contribution in [3.8, 4) is 17.2 Å². The lowest BCUT2D eigenvalue weighted by molar-refractivity contribution is -0.142. The average Bonchev–Trinajstić information content (AvgIpc) is 3.66. The van der Waals surface area contributed by atoms with Gasteiger partial charge in [-0.2, -0.15) is 0 Å². The number of carbonyl (C=O) groups is 5. The van der Waals surface area contributed by atoms with Gasteiger partial charge in [0.05, 0.1) is 14.2 Å². The lowest BCUT2D eigenvalue weighted by Gasteiger charge is -2.26. The van der Waals surface area contributed by atoms with Crippen LogP contribution in [0, 0.1) is 0 Å².